The Morgan fingerprint density at radius 1 is 1.08 bits per heavy atom. The lowest BCUT2D eigenvalue weighted by Crippen LogP contribution is -2.48. The van der Waals surface area contributed by atoms with Crippen molar-refractivity contribution in [2.24, 2.45) is 5.92 Å². The summed E-state index contributed by atoms with van der Waals surface area (Å²) >= 11 is 0. The van der Waals surface area contributed by atoms with Crippen LogP contribution in [-0.2, 0) is 4.74 Å². The predicted octanol–water partition coefficient (Wildman–Crippen LogP) is 3.87. The number of hydrogen-bond acceptors (Lipinski definition) is 4. The van der Waals surface area contributed by atoms with Crippen LogP contribution in [-0.4, -0.2) is 54.8 Å². The van der Waals surface area contributed by atoms with E-state index < -0.39 is 0 Å². The number of fused-ring (bicyclic) bond motifs is 1. The van der Waals surface area contributed by atoms with Gasteiger partial charge in [0.05, 0.1) is 17.7 Å². The van der Waals surface area contributed by atoms with E-state index in [0.29, 0.717) is 12.2 Å². The molecule has 2 aliphatic heterocycles. The second-order valence-corrected chi connectivity index (χ2v) is 8.21. The SMILES string of the molecule is Cc1cccc2c(N3CCC(CN4CC(C)OC(C)C4)CC3)ccnc12. The summed E-state index contributed by atoms with van der Waals surface area (Å²) in [5, 5.41) is 1.29. The molecule has 0 bridgehead atoms. The molecule has 4 nitrogen and oxygen atoms in total. The molecule has 2 fully saturated rings. The maximum atomic E-state index is 5.88. The van der Waals surface area contributed by atoms with Gasteiger partial charge in [0, 0.05) is 50.0 Å². The van der Waals surface area contributed by atoms with Gasteiger partial charge >= 0.3 is 0 Å². The Morgan fingerprint density at radius 2 is 1.81 bits per heavy atom. The zero-order valence-corrected chi connectivity index (χ0v) is 16.3. The molecule has 2 saturated heterocycles. The highest BCUT2D eigenvalue weighted by atomic mass is 16.5. The van der Waals surface area contributed by atoms with E-state index in [2.05, 4.69) is 59.8 Å². The van der Waals surface area contributed by atoms with E-state index >= 15 is 0 Å². The Hall–Kier alpha value is -1.65. The van der Waals surface area contributed by atoms with Gasteiger partial charge in [0.25, 0.3) is 0 Å². The van der Waals surface area contributed by atoms with E-state index in [9.17, 15) is 0 Å². The van der Waals surface area contributed by atoms with Gasteiger partial charge in [-0.3, -0.25) is 9.88 Å². The summed E-state index contributed by atoms with van der Waals surface area (Å²) in [6, 6.07) is 8.70. The van der Waals surface area contributed by atoms with Gasteiger partial charge in [0.2, 0.25) is 0 Å². The average Bonchev–Trinajstić information content (AvgIpc) is 2.62. The van der Waals surface area contributed by atoms with Gasteiger partial charge in [-0.15, -0.1) is 0 Å². The number of hydrogen-bond donors (Lipinski definition) is 0. The third kappa shape index (κ3) is 3.72. The van der Waals surface area contributed by atoms with Crippen LogP contribution in [0.15, 0.2) is 30.5 Å². The fraction of sp³-hybridized carbons (Fsp3) is 0.591. The fourth-order valence-electron chi connectivity index (χ4n) is 4.74. The second kappa shape index (κ2) is 7.53. The topological polar surface area (TPSA) is 28.6 Å². The molecule has 3 heterocycles. The number of aromatic nitrogens is 1. The molecular weight excluding hydrogens is 322 g/mol. The van der Waals surface area contributed by atoms with Gasteiger partial charge < -0.3 is 9.64 Å². The lowest BCUT2D eigenvalue weighted by Gasteiger charge is -2.40. The Balaban J connectivity index is 1.40. The molecule has 1 aromatic carbocycles. The number of piperidine rings is 1. The van der Waals surface area contributed by atoms with Crippen molar-refractivity contribution >= 4 is 16.6 Å². The van der Waals surface area contributed by atoms with Gasteiger partial charge in [-0.1, -0.05) is 18.2 Å². The maximum Gasteiger partial charge on any atom is 0.0751 e. The van der Waals surface area contributed by atoms with Crippen molar-refractivity contribution in [3.63, 3.8) is 0 Å². The molecule has 2 aromatic rings. The largest absolute Gasteiger partial charge is 0.373 e. The number of rotatable bonds is 3. The van der Waals surface area contributed by atoms with Gasteiger partial charge in [0.1, 0.15) is 0 Å². The zero-order valence-electron chi connectivity index (χ0n) is 16.3. The van der Waals surface area contributed by atoms with E-state index in [1.807, 2.05) is 6.20 Å². The zero-order chi connectivity index (χ0) is 18.1. The van der Waals surface area contributed by atoms with Crippen LogP contribution in [0.3, 0.4) is 0 Å². The third-order valence-corrected chi connectivity index (χ3v) is 5.92. The number of ether oxygens (including phenoxy) is 1. The first-order valence-corrected chi connectivity index (χ1v) is 10.1. The van der Waals surface area contributed by atoms with Gasteiger partial charge in [-0.25, -0.2) is 0 Å². The van der Waals surface area contributed by atoms with Crippen LogP contribution in [0.25, 0.3) is 10.9 Å². The van der Waals surface area contributed by atoms with Crippen molar-refractivity contribution in [3.8, 4) is 0 Å². The van der Waals surface area contributed by atoms with Crippen LogP contribution in [0.1, 0.15) is 32.3 Å². The molecule has 2 atom stereocenters. The summed E-state index contributed by atoms with van der Waals surface area (Å²) < 4.78 is 5.88. The van der Waals surface area contributed by atoms with E-state index in [4.69, 9.17) is 4.74 Å². The standard InChI is InChI=1S/C22H31N3O/c1-16-5-4-6-20-21(7-10-23-22(16)20)25-11-8-19(9-12-25)15-24-13-17(2)26-18(3)14-24/h4-7,10,17-19H,8-9,11-15H2,1-3H3. The molecule has 1 aromatic heterocycles. The van der Waals surface area contributed by atoms with Crippen molar-refractivity contribution in [1.82, 2.24) is 9.88 Å². The molecule has 0 radical (unpaired) electrons. The van der Waals surface area contributed by atoms with Crippen LogP contribution < -0.4 is 4.90 Å². The summed E-state index contributed by atoms with van der Waals surface area (Å²) in [4.78, 5) is 9.77. The van der Waals surface area contributed by atoms with Gasteiger partial charge in [-0.2, -0.15) is 0 Å². The van der Waals surface area contributed by atoms with E-state index in [1.165, 1.54) is 36.0 Å². The van der Waals surface area contributed by atoms with E-state index in [0.717, 1.165) is 37.6 Å². The summed E-state index contributed by atoms with van der Waals surface area (Å²) in [5.41, 5.74) is 3.75. The molecule has 4 rings (SSSR count). The summed E-state index contributed by atoms with van der Waals surface area (Å²) in [6.45, 7) is 12.2. The highest BCUT2D eigenvalue weighted by molar-refractivity contribution is 5.93. The molecule has 26 heavy (non-hydrogen) atoms. The molecule has 2 unspecified atom stereocenters. The van der Waals surface area contributed by atoms with Gasteiger partial charge in [0.15, 0.2) is 0 Å². The Labute approximate surface area is 157 Å². The normalized spacial score (nSPS) is 25.7. The number of para-hydroxylation sites is 1. The fourth-order valence-corrected chi connectivity index (χ4v) is 4.74. The van der Waals surface area contributed by atoms with Crippen molar-refractivity contribution in [1.29, 1.82) is 0 Å². The van der Waals surface area contributed by atoms with Crippen LogP contribution in [0.5, 0.6) is 0 Å². The second-order valence-electron chi connectivity index (χ2n) is 8.21. The number of benzene rings is 1. The monoisotopic (exact) mass is 353 g/mol. The molecule has 4 heteroatoms. The quantitative estimate of drug-likeness (QED) is 0.837. The van der Waals surface area contributed by atoms with Gasteiger partial charge in [-0.05, 0) is 51.2 Å². The molecule has 0 saturated carbocycles. The molecule has 0 spiro atoms. The lowest BCUT2D eigenvalue weighted by atomic mass is 9.95. The third-order valence-electron chi connectivity index (χ3n) is 5.92. The van der Waals surface area contributed by atoms with Crippen LogP contribution in [0.2, 0.25) is 0 Å². The first-order chi connectivity index (χ1) is 12.6. The molecule has 140 valence electrons. The minimum Gasteiger partial charge on any atom is -0.373 e. The number of morpholine rings is 1. The first-order valence-electron chi connectivity index (χ1n) is 10.1. The van der Waals surface area contributed by atoms with E-state index in [-0.39, 0.29) is 0 Å². The molecule has 2 aliphatic rings. The molecular formula is C22H31N3O. The average molecular weight is 354 g/mol. The number of anilines is 1. The van der Waals surface area contributed by atoms with Crippen molar-refractivity contribution in [3.05, 3.63) is 36.0 Å². The van der Waals surface area contributed by atoms with Crippen molar-refractivity contribution < 1.29 is 4.74 Å². The van der Waals surface area contributed by atoms with Crippen LogP contribution >= 0.6 is 0 Å². The molecule has 0 N–H and O–H groups in total. The Kier molecular flexibility index (Phi) is 5.14. The minimum atomic E-state index is 0.366. The molecule has 0 amide bonds. The lowest BCUT2D eigenvalue weighted by molar-refractivity contribution is -0.0720. The van der Waals surface area contributed by atoms with E-state index in [1.54, 1.807) is 0 Å². The summed E-state index contributed by atoms with van der Waals surface area (Å²) in [7, 11) is 0. The van der Waals surface area contributed by atoms with Crippen LogP contribution in [0, 0.1) is 12.8 Å². The van der Waals surface area contributed by atoms with Crippen molar-refractivity contribution in [2.75, 3.05) is 37.6 Å². The number of nitrogens with zero attached hydrogens (tertiary/aromatic N) is 3. The minimum absolute atomic E-state index is 0.366. The Morgan fingerprint density at radius 3 is 2.54 bits per heavy atom. The number of aryl methyl sites for hydroxylation is 1. The molecule has 0 aliphatic carbocycles. The maximum absolute atomic E-state index is 5.88. The first kappa shape index (κ1) is 17.7. The smallest absolute Gasteiger partial charge is 0.0751 e. The van der Waals surface area contributed by atoms with Crippen molar-refractivity contribution in [2.45, 2.75) is 45.8 Å². The summed E-state index contributed by atoms with van der Waals surface area (Å²) in [6.07, 6.45) is 5.24. The highest BCUT2D eigenvalue weighted by Crippen LogP contribution is 2.31. The predicted molar refractivity (Wildman–Crippen MR) is 108 cm³/mol. The Bertz CT molecular complexity index is 744. The summed E-state index contributed by atoms with van der Waals surface area (Å²) in [5.74, 6) is 0.804. The number of pyridine rings is 1. The highest BCUT2D eigenvalue weighted by Gasteiger charge is 2.27. The van der Waals surface area contributed by atoms with Crippen LogP contribution in [0.4, 0.5) is 5.69 Å².